The Balaban J connectivity index is 1.53. The number of nitrogens with zero attached hydrogens (tertiary/aromatic N) is 3. The van der Waals surface area contributed by atoms with E-state index in [9.17, 15) is 27.6 Å². The zero-order chi connectivity index (χ0) is 30.3. The predicted octanol–water partition coefficient (Wildman–Crippen LogP) is 4.58. The summed E-state index contributed by atoms with van der Waals surface area (Å²) in [5, 5.41) is 6.99. The number of carbonyl (C=O) groups is 2. The zero-order valence-corrected chi connectivity index (χ0v) is 24.0. The van der Waals surface area contributed by atoms with Gasteiger partial charge in [0.25, 0.3) is 11.8 Å². The Bertz CT molecular complexity index is 1560. The maximum atomic E-state index is 15.7. The average Bonchev–Trinajstić information content (AvgIpc) is 3.63. The lowest BCUT2D eigenvalue weighted by atomic mass is 10.0. The lowest BCUT2D eigenvalue weighted by Gasteiger charge is -2.44. The molecule has 1 aromatic carbocycles. The quantitative estimate of drug-likeness (QED) is 0.340. The fraction of sp³-hybridized carbons (Fsp3) is 0.429. The zero-order valence-electron chi connectivity index (χ0n) is 23.1. The summed E-state index contributed by atoms with van der Waals surface area (Å²) in [6.07, 6.45) is -2.14. The summed E-state index contributed by atoms with van der Waals surface area (Å²) < 4.78 is 56.7. The van der Waals surface area contributed by atoms with Crippen LogP contribution in [0.1, 0.15) is 52.4 Å². The molecular formula is C28H30F4N6O3S. The standard InChI is InChI=1S/C28H30F4N6O3S/c1-14-11-38(12-15(2)37(14)3)23-8-20(29)17(22-13-42-27(36-22)26(41)34-9-16-4-5-16)6-21(23)35-25(40)18-10-33-24(39)7-19(18)28(30,31)32/h6-8,10,13-16H,4-5,9,11-12H2,1-3H3,(H,33,39)(H,34,41)(H,35,40). The van der Waals surface area contributed by atoms with Gasteiger partial charge >= 0.3 is 6.18 Å². The molecule has 1 saturated heterocycles. The molecule has 3 heterocycles. The highest BCUT2D eigenvalue weighted by Crippen LogP contribution is 2.37. The van der Waals surface area contributed by atoms with Gasteiger partial charge in [0.1, 0.15) is 5.82 Å². The Morgan fingerprint density at radius 3 is 2.45 bits per heavy atom. The Labute approximate surface area is 242 Å². The number of benzene rings is 1. The Hall–Kier alpha value is -3.78. The third-order valence-corrected chi connectivity index (χ3v) is 8.57. The smallest absolute Gasteiger partial charge is 0.367 e. The fourth-order valence-electron chi connectivity index (χ4n) is 4.94. The molecule has 1 aliphatic heterocycles. The molecule has 224 valence electrons. The molecule has 2 unspecified atom stereocenters. The van der Waals surface area contributed by atoms with E-state index in [4.69, 9.17) is 0 Å². The number of rotatable bonds is 7. The van der Waals surface area contributed by atoms with Crippen molar-refractivity contribution in [2.45, 2.75) is 44.9 Å². The van der Waals surface area contributed by atoms with Crippen molar-refractivity contribution in [2.24, 2.45) is 5.92 Å². The van der Waals surface area contributed by atoms with Gasteiger partial charge in [0.2, 0.25) is 5.56 Å². The number of nitrogens with one attached hydrogen (secondary N) is 3. The van der Waals surface area contributed by atoms with Crippen LogP contribution in [0.5, 0.6) is 0 Å². The van der Waals surface area contributed by atoms with E-state index in [0.717, 1.165) is 24.2 Å². The Kier molecular flexibility index (Phi) is 8.12. The fourth-order valence-corrected chi connectivity index (χ4v) is 5.68. The van der Waals surface area contributed by atoms with Crippen molar-refractivity contribution in [1.82, 2.24) is 20.2 Å². The molecule has 3 aromatic rings. The molecule has 9 nitrogen and oxygen atoms in total. The van der Waals surface area contributed by atoms with Gasteiger partial charge in [0, 0.05) is 61.0 Å². The normalized spacial score (nSPS) is 19.5. The van der Waals surface area contributed by atoms with Crippen LogP contribution in [0.15, 0.2) is 34.6 Å². The van der Waals surface area contributed by atoms with Gasteiger partial charge in [-0.05, 0) is 45.7 Å². The van der Waals surface area contributed by atoms with Crippen LogP contribution < -0.4 is 21.1 Å². The first-order valence-corrected chi connectivity index (χ1v) is 14.4. The minimum Gasteiger partial charge on any atom is -0.367 e. The number of hydrogen-bond donors (Lipinski definition) is 3. The van der Waals surface area contributed by atoms with Crippen molar-refractivity contribution in [2.75, 3.05) is 36.9 Å². The molecule has 0 radical (unpaired) electrons. The van der Waals surface area contributed by atoms with Crippen LogP contribution in [0.2, 0.25) is 0 Å². The predicted molar refractivity (Wildman–Crippen MR) is 151 cm³/mol. The molecule has 0 bridgehead atoms. The van der Waals surface area contributed by atoms with Crippen LogP contribution in [-0.4, -0.2) is 65.4 Å². The van der Waals surface area contributed by atoms with Gasteiger partial charge < -0.3 is 20.5 Å². The van der Waals surface area contributed by atoms with Gasteiger partial charge in [-0.1, -0.05) is 0 Å². The molecule has 2 amide bonds. The SMILES string of the molecule is CC1CN(c2cc(F)c(-c3csc(C(=O)NCC4CC4)n3)cc2NC(=O)c2c[nH]c(=O)cc2C(F)(F)F)CC(C)N1C. The van der Waals surface area contributed by atoms with Crippen molar-refractivity contribution in [3.63, 3.8) is 0 Å². The van der Waals surface area contributed by atoms with Crippen molar-refractivity contribution in [3.8, 4) is 11.3 Å². The highest BCUT2D eigenvalue weighted by Gasteiger charge is 2.36. The topological polar surface area (TPSA) is 110 Å². The van der Waals surface area contributed by atoms with Crippen molar-refractivity contribution >= 4 is 34.5 Å². The molecule has 2 aromatic heterocycles. The van der Waals surface area contributed by atoms with E-state index in [2.05, 4.69) is 25.5 Å². The van der Waals surface area contributed by atoms with Crippen molar-refractivity contribution in [3.05, 3.63) is 62.1 Å². The van der Waals surface area contributed by atoms with Crippen LogP contribution in [0, 0.1) is 11.7 Å². The molecule has 5 rings (SSSR count). The molecule has 3 N–H and O–H groups in total. The number of hydrogen-bond acceptors (Lipinski definition) is 7. The third kappa shape index (κ3) is 6.33. The molecular weight excluding hydrogens is 576 g/mol. The summed E-state index contributed by atoms with van der Waals surface area (Å²) in [7, 11) is 1.97. The van der Waals surface area contributed by atoms with E-state index in [0.29, 0.717) is 37.8 Å². The summed E-state index contributed by atoms with van der Waals surface area (Å²) in [6.45, 7) is 5.47. The average molecular weight is 607 g/mol. The number of likely N-dealkylation sites (N-methyl/N-ethyl adjacent to an activating group) is 1. The highest BCUT2D eigenvalue weighted by molar-refractivity contribution is 7.12. The molecule has 42 heavy (non-hydrogen) atoms. The molecule has 2 aliphatic rings. The van der Waals surface area contributed by atoms with Crippen molar-refractivity contribution in [1.29, 1.82) is 0 Å². The number of H-pyrrole nitrogens is 1. The first-order chi connectivity index (χ1) is 19.8. The number of aromatic nitrogens is 2. The summed E-state index contributed by atoms with van der Waals surface area (Å²) in [5.41, 5.74) is -2.72. The second kappa shape index (κ2) is 11.5. The Morgan fingerprint density at radius 1 is 1.12 bits per heavy atom. The van der Waals surface area contributed by atoms with Gasteiger partial charge in [-0.15, -0.1) is 11.3 Å². The highest BCUT2D eigenvalue weighted by atomic mass is 32.1. The molecule has 2 fully saturated rings. The number of halogens is 4. The lowest BCUT2D eigenvalue weighted by Crippen LogP contribution is -2.55. The maximum absolute atomic E-state index is 15.7. The number of alkyl halides is 3. The monoisotopic (exact) mass is 606 g/mol. The van der Waals surface area contributed by atoms with Crippen LogP contribution in [0.4, 0.5) is 28.9 Å². The largest absolute Gasteiger partial charge is 0.417 e. The van der Waals surface area contributed by atoms with E-state index >= 15 is 4.39 Å². The second-order valence-corrected chi connectivity index (χ2v) is 11.7. The van der Waals surface area contributed by atoms with Gasteiger partial charge in [0.05, 0.1) is 28.2 Å². The number of aromatic amines is 1. The van der Waals surface area contributed by atoms with Crippen LogP contribution in [0.25, 0.3) is 11.3 Å². The molecule has 1 saturated carbocycles. The first kappa shape index (κ1) is 29.7. The molecule has 1 aliphatic carbocycles. The summed E-state index contributed by atoms with van der Waals surface area (Å²) in [5.74, 6) is -1.71. The van der Waals surface area contributed by atoms with Crippen LogP contribution in [-0.2, 0) is 6.18 Å². The summed E-state index contributed by atoms with van der Waals surface area (Å²) >= 11 is 1.04. The minimum absolute atomic E-state index is 0.0284. The van der Waals surface area contributed by atoms with Crippen LogP contribution in [0.3, 0.4) is 0 Å². The van der Waals surface area contributed by atoms with Crippen molar-refractivity contribution < 1.29 is 27.2 Å². The van der Waals surface area contributed by atoms with E-state index in [1.54, 1.807) is 0 Å². The second-order valence-electron chi connectivity index (χ2n) is 10.9. The van der Waals surface area contributed by atoms with E-state index < -0.39 is 34.6 Å². The third-order valence-electron chi connectivity index (χ3n) is 7.73. The van der Waals surface area contributed by atoms with E-state index in [1.807, 2.05) is 25.8 Å². The van der Waals surface area contributed by atoms with Gasteiger partial charge in [-0.3, -0.25) is 19.3 Å². The number of thiazole rings is 1. The van der Waals surface area contributed by atoms with E-state index in [1.165, 1.54) is 17.5 Å². The molecule has 2 atom stereocenters. The number of piperazine rings is 1. The molecule has 0 spiro atoms. The number of pyridine rings is 1. The van der Waals surface area contributed by atoms with E-state index in [-0.39, 0.29) is 45.6 Å². The number of anilines is 2. The number of amides is 2. The summed E-state index contributed by atoms with van der Waals surface area (Å²) in [6, 6.07) is 2.98. The van der Waals surface area contributed by atoms with Gasteiger partial charge in [-0.2, -0.15) is 13.2 Å². The summed E-state index contributed by atoms with van der Waals surface area (Å²) in [4.78, 5) is 47.8. The molecule has 14 heteroatoms. The lowest BCUT2D eigenvalue weighted by molar-refractivity contribution is -0.138. The minimum atomic E-state index is -4.96. The van der Waals surface area contributed by atoms with Gasteiger partial charge in [0.15, 0.2) is 5.01 Å². The number of carbonyl (C=O) groups excluding carboxylic acids is 2. The van der Waals surface area contributed by atoms with Gasteiger partial charge in [-0.25, -0.2) is 9.37 Å². The maximum Gasteiger partial charge on any atom is 0.417 e. The Morgan fingerprint density at radius 2 is 1.81 bits per heavy atom. The van der Waals surface area contributed by atoms with Crippen LogP contribution >= 0.6 is 11.3 Å². The first-order valence-electron chi connectivity index (χ1n) is 13.5.